The standard InChI is InChI=1S/C4H8O2.C4H8O.K/c1-2-3-4(5)6;1-2-4-5-3-1;/h2-3H2,1H3,(H,5,6);1-4H2;/q;;+1/p-1. The molecule has 0 atom stereocenters. The third-order valence-corrected chi connectivity index (χ3v) is 1.28. The van der Waals surface area contributed by atoms with Gasteiger partial charge in [0.2, 0.25) is 0 Å². The Bertz CT molecular complexity index is 94.9. The van der Waals surface area contributed by atoms with Gasteiger partial charge < -0.3 is 14.6 Å². The van der Waals surface area contributed by atoms with Crippen molar-refractivity contribution in [2.45, 2.75) is 32.6 Å². The minimum Gasteiger partial charge on any atom is -0.550 e. The molecule has 0 spiro atoms. The smallest absolute Gasteiger partial charge is 0.550 e. The first kappa shape index (κ1) is 15.5. The van der Waals surface area contributed by atoms with E-state index in [0.29, 0.717) is 6.42 Å². The van der Waals surface area contributed by atoms with E-state index in [4.69, 9.17) is 4.74 Å². The van der Waals surface area contributed by atoms with Crippen molar-refractivity contribution in [3.8, 4) is 0 Å². The van der Waals surface area contributed by atoms with E-state index >= 15 is 0 Å². The van der Waals surface area contributed by atoms with Gasteiger partial charge in [0.05, 0.1) is 0 Å². The van der Waals surface area contributed by atoms with Crippen molar-refractivity contribution >= 4 is 5.97 Å². The molecule has 1 fully saturated rings. The summed E-state index contributed by atoms with van der Waals surface area (Å²) in [4.78, 5) is 9.49. The molecule has 1 aliphatic rings. The molecule has 0 bridgehead atoms. The first-order chi connectivity index (χ1) is 5.27. The number of carbonyl (C=O) groups excluding carboxylic acids is 1. The van der Waals surface area contributed by atoms with E-state index in [1.165, 1.54) is 12.8 Å². The van der Waals surface area contributed by atoms with E-state index < -0.39 is 5.97 Å². The first-order valence-corrected chi connectivity index (χ1v) is 4.05. The molecule has 0 aromatic rings. The molecule has 66 valence electrons. The fourth-order valence-electron chi connectivity index (χ4n) is 0.714. The molecule has 0 aromatic heterocycles. The molecule has 4 heteroatoms. The van der Waals surface area contributed by atoms with Gasteiger partial charge in [-0.3, -0.25) is 0 Å². The minimum absolute atomic E-state index is 0. The van der Waals surface area contributed by atoms with Gasteiger partial charge in [-0.25, -0.2) is 0 Å². The van der Waals surface area contributed by atoms with Gasteiger partial charge in [-0.1, -0.05) is 13.3 Å². The average molecular weight is 198 g/mol. The van der Waals surface area contributed by atoms with Crippen LogP contribution in [0.5, 0.6) is 0 Å². The number of aliphatic carboxylic acids is 1. The van der Waals surface area contributed by atoms with Gasteiger partial charge in [0.1, 0.15) is 0 Å². The Morgan fingerprint density at radius 1 is 1.42 bits per heavy atom. The van der Waals surface area contributed by atoms with Crippen LogP contribution in [0.4, 0.5) is 0 Å². The second-order valence-electron chi connectivity index (χ2n) is 2.44. The third kappa shape index (κ3) is 13.6. The minimum atomic E-state index is -0.961. The third-order valence-electron chi connectivity index (χ3n) is 1.28. The number of carbonyl (C=O) groups is 1. The molecule has 0 unspecified atom stereocenters. The molecule has 1 rings (SSSR count). The molecule has 0 amide bonds. The van der Waals surface area contributed by atoms with Gasteiger partial charge in [0.15, 0.2) is 0 Å². The number of hydrogen-bond donors (Lipinski definition) is 0. The van der Waals surface area contributed by atoms with Crippen LogP contribution < -0.4 is 56.5 Å². The summed E-state index contributed by atoms with van der Waals surface area (Å²) in [6.45, 7) is 3.80. The predicted octanol–water partition coefficient (Wildman–Crippen LogP) is -2.66. The summed E-state index contributed by atoms with van der Waals surface area (Å²) in [5.74, 6) is -0.961. The summed E-state index contributed by atoms with van der Waals surface area (Å²) >= 11 is 0. The zero-order valence-corrected chi connectivity index (χ0v) is 11.1. The fourth-order valence-corrected chi connectivity index (χ4v) is 0.714. The molecular formula is C8H15KO3. The van der Waals surface area contributed by atoms with Crippen LogP contribution in [0.3, 0.4) is 0 Å². The van der Waals surface area contributed by atoms with Gasteiger partial charge in [0, 0.05) is 19.2 Å². The second-order valence-corrected chi connectivity index (χ2v) is 2.44. The SMILES string of the molecule is C1CCOC1.CCCC(=O)[O-].[K+]. The van der Waals surface area contributed by atoms with E-state index in [2.05, 4.69) is 0 Å². The van der Waals surface area contributed by atoms with E-state index in [1.807, 2.05) is 0 Å². The molecule has 1 saturated heterocycles. The van der Waals surface area contributed by atoms with Crippen molar-refractivity contribution in [2.24, 2.45) is 0 Å². The van der Waals surface area contributed by atoms with Crippen molar-refractivity contribution in [1.82, 2.24) is 0 Å². The van der Waals surface area contributed by atoms with Crippen LogP contribution in [0.25, 0.3) is 0 Å². The van der Waals surface area contributed by atoms with Crippen LogP contribution >= 0.6 is 0 Å². The Balaban J connectivity index is 0. The predicted molar refractivity (Wildman–Crippen MR) is 40.0 cm³/mol. The van der Waals surface area contributed by atoms with Gasteiger partial charge in [-0.15, -0.1) is 0 Å². The topological polar surface area (TPSA) is 49.4 Å². The number of ether oxygens (including phenoxy) is 1. The van der Waals surface area contributed by atoms with E-state index in [1.54, 1.807) is 6.92 Å². The van der Waals surface area contributed by atoms with Gasteiger partial charge in [-0.05, 0) is 19.3 Å². The first-order valence-electron chi connectivity index (χ1n) is 4.05. The molecule has 0 aromatic carbocycles. The van der Waals surface area contributed by atoms with Gasteiger partial charge in [-0.2, -0.15) is 0 Å². The average Bonchev–Trinajstić information content (AvgIpc) is 2.41. The van der Waals surface area contributed by atoms with E-state index in [-0.39, 0.29) is 57.8 Å². The molecule has 3 nitrogen and oxygen atoms in total. The van der Waals surface area contributed by atoms with Crippen LogP contribution in [0.2, 0.25) is 0 Å². The number of carboxylic acids is 1. The summed E-state index contributed by atoms with van der Waals surface area (Å²) in [6.07, 6.45) is 3.41. The van der Waals surface area contributed by atoms with E-state index in [9.17, 15) is 9.90 Å². The van der Waals surface area contributed by atoms with Crippen molar-refractivity contribution < 1.29 is 66.0 Å². The van der Waals surface area contributed by atoms with Gasteiger partial charge in [0.25, 0.3) is 0 Å². The van der Waals surface area contributed by atoms with Crippen molar-refractivity contribution in [2.75, 3.05) is 13.2 Å². The van der Waals surface area contributed by atoms with Crippen LogP contribution in [0, 0.1) is 0 Å². The summed E-state index contributed by atoms with van der Waals surface area (Å²) in [5.41, 5.74) is 0. The van der Waals surface area contributed by atoms with E-state index in [0.717, 1.165) is 13.2 Å². The molecule has 0 N–H and O–H groups in total. The number of carboxylic acid groups (broad SMARTS) is 1. The normalized spacial score (nSPS) is 14.1. The maximum Gasteiger partial charge on any atom is 1.00 e. The largest absolute Gasteiger partial charge is 1.00 e. The van der Waals surface area contributed by atoms with Crippen LogP contribution in [-0.4, -0.2) is 19.2 Å². The van der Waals surface area contributed by atoms with Crippen LogP contribution in [-0.2, 0) is 9.53 Å². The summed E-state index contributed by atoms with van der Waals surface area (Å²) in [6, 6.07) is 0. The molecular weight excluding hydrogens is 183 g/mol. The maximum absolute atomic E-state index is 9.49. The summed E-state index contributed by atoms with van der Waals surface area (Å²) in [5, 5.41) is 9.49. The van der Waals surface area contributed by atoms with Gasteiger partial charge >= 0.3 is 51.4 Å². The zero-order chi connectivity index (χ0) is 8.53. The molecule has 0 aliphatic carbocycles. The maximum atomic E-state index is 9.49. The Morgan fingerprint density at radius 3 is 2.00 bits per heavy atom. The summed E-state index contributed by atoms with van der Waals surface area (Å²) in [7, 11) is 0. The number of hydrogen-bond acceptors (Lipinski definition) is 3. The fraction of sp³-hybridized carbons (Fsp3) is 0.875. The van der Waals surface area contributed by atoms with Crippen molar-refractivity contribution in [3.05, 3.63) is 0 Å². The zero-order valence-electron chi connectivity index (χ0n) is 7.97. The summed E-state index contributed by atoms with van der Waals surface area (Å²) < 4.78 is 4.94. The van der Waals surface area contributed by atoms with Crippen LogP contribution in [0.15, 0.2) is 0 Å². The second kappa shape index (κ2) is 12.1. The molecule has 12 heavy (non-hydrogen) atoms. The number of rotatable bonds is 2. The van der Waals surface area contributed by atoms with Crippen molar-refractivity contribution in [1.29, 1.82) is 0 Å². The monoisotopic (exact) mass is 198 g/mol. The molecule has 0 saturated carbocycles. The Kier molecular flexibility index (Phi) is 15.6. The Hall–Kier alpha value is 1.07. The molecule has 0 radical (unpaired) electrons. The molecule has 1 heterocycles. The Labute approximate surface area is 116 Å². The van der Waals surface area contributed by atoms with Crippen LogP contribution in [0.1, 0.15) is 32.6 Å². The van der Waals surface area contributed by atoms with Crippen molar-refractivity contribution in [3.63, 3.8) is 0 Å². The molecule has 1 aliphatic heterocycles. The Morgan fingerprint density at radius 2 is 1.92 bits per heavy atom. The quantitative estimate of drug-likeness (QED) is 0.455.